The molecule has 2 heterocycles. The van der Waals surface area contributed by atoms with Crippen molar-refractivity contribution < 1.29 is 14.3 Å². The zero-order valence-corrected chi connectivity index (χ0v) is 12.6. The van der Waals surface area contributed by atoms with Gasteiger partial charge in [0.1, 0.15) is 0 Å². The fourth-order valence-electron chi connectivity index (χ4n) is 2.65. The van der Waals surface area contributed by atoms with E-state index in [-0.39, 0.29) is 24.0 Å². The molecule has 7 heteroatoms. The Bertz CT molecular complexity index is 354. The SMILES string of the molecule is COCCNC(=O)CCCCC1SC[C@@H]2NC(=O)NC12. The molecule has 3 amide bonds. The smallest absolute Gasteiger partial charge is 0.315 e. The van der Waals surface area contributed by atoms with Crippen LogP contribution in [0.5, 0.6) is 0 Å². The number of hydrogen-bond acceptors (Lipinski definition) is 4. The fraction of sp³-hybridized carbons (Fsp3) is 0.846. The molecule has 0 aliphatic carbocycles. The molecule has 0 spiro atoms. The molecule has 0 aromatic carbocycles. The lowest BCUT2D eigenvalue weighted by Gasteiger charge is -2.16. The number of carbonyl (C=O) groups excluding carboxylic acids is 2. The molecule has 20 heavy (non-hydrogen) atoms. The number of amides is 3. The average Bonchev–Trinajstić information content (AvgIpc) is 2.95. The van der Waals surface area contributed by atoms with Gasteiger partial charge in [-0.15, -0.1) is 0 Å². The molecule has 0 saturated carbocycles. The van der Waals surface area contributed by atoms with E-state index in [1.165, 1.54) is 0 Å². The second-order valence-electron chi connectivity index (χ2n) is 5.21. The van der Waals surface area contributed by atoms with E-state index >= 15 is 0 Å². The molecule has 2 rings (SSSR count). The van der Waals surface area contributed by atoms with E-state index in [1.807, 2.05) is 11.8 Å². The van der Waals surface area contributed by atoms with E-state index < -0.39 is 0 Å². The summed E-state index contributed by atoms with van der Waals surface area (Å²) < 4.78 is 4.88. The largest absolute Gasteiger partial charge is 0.383 e. The van der Waals surface area contributed by atoms with E-state index in [0.29, 0.717) is 24.8 Å². The minimum atomic E-state index is -0.0391. The van der Waals surface area contributed by atoms with Crippen LogP contribution in [0.2, 0.25) is 0 Å². The average molecular weight is 301 g/mol. The van der Waals surface area contributed by atoms with Crippen LogP contribution in [0.4, 0.5) is 4.79 Å². The first-order chi connectivity index (χ1) is 9.70. The van der Waals surface area contributed by atoms with Gasteiger partial charge in [-0.25, -0.2) is 4.79 Å². The number of thioether (sulfide) groups is 1. The van der Waals surface area contributed by atoms with Gasteiger partial charge in [0, 0.05) is 31.1 Å². The van der Waals surface area contributed by atoms with Crippen molar-refractivity contribution in [2.75, 3.05) is 26.0 Å². The summed E-state index contributed by atoms with van der Waals surface area (Å²) in [7, 11) is 1.62. The number of ether oxygens (including phenoxy) is 1. The second-order valence-corrected chi connectivity index (χ2v) is 6.48. The van der Waals surface area contributed by atoms with Gasteiger partial charge in [0.05, 0.1) is 18.7 Å². The Kier molecular flexibility index (Phi) is 5.97. The van der Waals surface area contributed by atoms with Crippen molar-refractivity contribution in [1.29, 1.82) is 0 Å². The van der Waals surface area contributed by atoms with E-state index in [4.69, 9.17) is 4.74 Å². The Balaban J connectivity index is 1.55. The molecule has 0 aromatic heterocycles. The van der Waals surface area contributed by atoms with Gasteiger partial charge >= 0.3 is 6.03 Å². The lowest BCUT2D eigenvalue weighted by Crippen LogP contribution is -2.36. The summed E-state index contributed by atoms with van der Waals surface area (Å²) in [6, 6.07) is 0.515. The van der Waals surface area contributed by atoms with E-state index in [9.17, 15) is 9.59 Å². The van der Waals surface area contributed by atoms with Crippen LogP contribution in [0.3, 0.4) is 0 Å². The third kappa shape index (κ3) is 4.28. The van der Waals surface area contributed by atoms with Crippen molar-refractivity contribution in [1.82, 2.24) is 16.0 Å². The maximum atomic E-state index is 11.5. The monoisotopic (exact) mass is 301 g/mol. The Morgan fingerprint density at radius 1 is 1.45 bits per heavy atom. The maximum absolute atomic E-state index is 11.5. The van der Waals surface area contributed by atoms with Gasteiger partial charge in [0.15, 0.2) is 0 Å². The van der Waals surface area contributed by atoms with Crippen LogP contribution < -0.4 is 16.0 Å². The zero-order valence-electron chi connectivity index (χ0n) is 11.8. The van der Waals surface area contributed by atoms with Crippen LogP contribution in [-0.2, 0) is 9.53 Å². The van der Waals surface area contributed by atoms with E-state index in [2.05, 4.69) is 16.0 Å². The van der Waals surface area contributed by atoms with Crippen molar-refractivity contribution in [3.05, 3.63) is 0 Å². The third-order valence-corrected chi connectivity index (χ3v) is 5.22. The van der Waals surface area contributed by atoms with Crippen molar-refractivity contribution in [2.24, 2.45) is 0 Å². The molecular weight excluding hydrogens is 278 g/mol. The summed E-state index contributed by atoms with van der Waals surface area (Å²) >= 11 is 1.92. The zero-order chi connectivity index (χ0) is 14.4. The number of carbonyl (C=O) groups is 2. The molecule has 6 nitrogen and oxygen atoms in total. The van der Waals surface area contributed by atoms with Crippen LogP contribution in [0.25, 0.3) is 0 Å². The molecule has 2 saturated heterocycles. The molecule has 3 N–H and O–H groups in total. The van der Waals surface area contributed by atoms with Gasteiger partial charge in [0.2, 0.25) is 5.91 Å². The van der Waals surface area contributed by atoms with E-state index in [1.54, 1.807) is 7.11 Å². The number of rotatable bonds is 8. The molecule has 0 radical (unpaired) electrons. The summed E-state index contributed by atoms with van der Waals surface area (Å²) in [5.41, 5.74) is 0. The normalized spacial score (nSPS) is 27.9. The highest BCUT2D eigenvalue weighted by molar-refractivity contribution is 8.00. The lowest BCUT2D eigenvalue weighted by molar-refractivity contribution is -0.121. The van der Waals surface area contributed by atoms with Gasteiger partial charge < -0.3 is 20.7 Å². The van der Waals surface area contributed by atoms with Gasteiger partial charge in [-0.3, -0.25) is 4.79 Å². The number of unbranched alkanes of at least 4 members (excludes halogenated alkanes) is 1. The lowest BCUT2D eigenvalue weighted by atomic mass is 10.0. The minimum Gasteiger partial charge on any atom is -0.383 e. The molecule has 0 bridgehead atoms. The Labute approximate surface area is 123 Å². The van der Waals surface area contributed by atoms with Crippen LogP contribution in [0, 0.1) is 0 Å². The second kappa shape index (κ2) is 7.73. The quantitative estimate of drug-likeness (QED) is 0.450. The number of hydrogen-bond donors (Lipinski definition) is 3. The highest BCUT2D eigenvalue weighted by Crippen LogP contribution is 2.33. The topological polar surface area (TPSA) is 79.5 Å². The highest BCUT2D eigenvalue weighted by Gasteiger charge is 2.42. The summed E-state index contributed by atoms with van der Waals surface area (Å²) in [4.78, 5) is 22.8. The summed E-state index contributed by atoms with van der Waals surface area (Å²) in [6.07, 6.45) is 3.54. The maximum Gasteiger partial charge on any atom is 0.315 e. The highest BCUT2D eigenvalue weighted by atomic mass is 32.2. The Hall–Kier alpha value is -0.950. The summed E-state index contributed by atoms with van der Waals surface area (Å²) in [6.45, 7) is 1.13. The number of methoxy groups -OCH3 is 1. The van der Waals surface area contributed by atoms with Gasteiger partial charge in [-0.2, -0.15) is 11.8 Å². The molecule has 2 unspecified atom stereocenters. The molecule has 2 aliphatic rings. The first-order valence-corrected chi connectivity index (χ1v) is 8.20. The standard InChI is InChI=1S/C13H23N3O3S/c1-19-7-6-14-11(17)5-3-2-4-10-12-9(8-20-10)15-13(18)16-12/h9-10,12H,2-8H2,1H3,(H,14,17)(H2,15,16,18)/t9-,10?,12?/m0/s1. The third-order valence-electron chi connectivity index (χ3n) is 3.71. The number of nitrogens with one attached hydrogen (secondary N) is 3. The number of fused-ring (bicyclic) bond motifs is 1. The summed E-state index contributed by atoms with van der Waals surface area (Å²) in [5.74, 6) is 1.08. The predicted octanol–water partition coefficient (Wildman–Crippen LogP) is 0.475. The minimum absolute atomic E-state index is 0.0391. The molecule has 2 fully saturated rings. The van der Waals surface area contributed by atoms with Gasteiger partial charge in [-0.05, 0) is 12.8 Å². The van der Waals surface area contributed by atoms with Crippen molar-refractivity contribution in [3.8, 4) is 0 Å². The van der Waals surface area contributed by atoms with Crippen LogP contribution >= 0.6 is 11.8 Å². The molecular formula is C13H23N3O3S. The van der Waals surface area contributed by atoms with Crippen LogP contribution in [-0.4, -0.2) is 55.3 Å². The van der Waals surface area contributed by atoms with Gasteiger partial charge in [0.25, 0.3) is 0 Å². The molecule has 2 aliphatic heterocycles. The van der Waals surface area contributed by atoms with Crippen LogP contribution in [0.1, 0.15) is 25.7 Å². The van der Waals surface area contributed by atoms with Gasteiger partial charge in [-0.1, -0.05) is 6.42 Å². The van der Waals surface area contributed by atoms with Crippen molar-refractivity contribution in [3.63, 3.8) is 0 Å². The predicted molar refractivity (Wildman–Crippen MR) is 78.8 cm³/mol. The first kappa shape index (κ1) is 15.4. The molecule has 0 aromatic rings. The Morgan fingerprint density at radius 2 is 2.30 bits per heavy atom. The first-order valence-electron chi connectivity index (χ1n) is 7.15. The fourth-order valence-corrected chi connectivity index (χ4v) is 4.20. The molecule has 114 valence electrons. The molecule has 3 atom stereocenters. The summed E-state index contributed by atoms with van der Waals surface area (Å²) in [5, 5.41) is 9.22. The van der Waals surface area contributed by atoms with Crippen molar-refractivity contribution >= 4 is 23.7 Å². The van der Waals surface area contributed by atoms with Crippen molar-refractivity contribution in [2.45, 2.75) is 43.0 Å². The van der Waals surface area contributed by atoms with E-state index in [0.717, 1.165) is 25.0 Å². The Morgan fingerprint density at radius 3 is 3.10 bits per heavy atom. The van der Waals surface area contributed by atoms with Crippen LogP contribution in [0.15, 0.2) is 0 Å². The number of urea groups is 1.